The second kappa shape index (κ2) is 9.32. The average molecular weight is 480 g/mol. The first kappa shape index (κ1) is 24.1. The lowest BCUT2D eigenvalue weighted by Gasteiger charge is -2.22. The summed E-state index contributed by atoms with van der Waals surface area (Å²) in [5.41, 5.74) is 0.296. The highest BCUT2D eigenvalue weighted by Crippen LogP contribution is 2.36. The SMILES string of the molecule is O=C(C[C@@H]1C[C@H]2O[C@H](CNCc3ccccc3OC(F)(F)F)[C@@H](O)[C@H]2O1)N1CCC(F)(F)C1. The quantitative estimate of drug-likeness (QED) is 0.583. The summed E-state index contributed by atoms with van der Waals surface area (Å²) >= 11 is 0. The van der Waals surface area contributed by atoms with Gasteiger partial charge in [-0.3, -0.25) is 4.79 Å². The van der Waals surface area contributed by atoms with Crippen LogP contribution in [0.3, 0.4) is 0 Å². The van der Waals surface area contributed by atoms with Gasteiger partial charge in [0.1, 0.15) is 18.0 Å². The summed E-state index contributed by atoms with van der Waals surface area (Å²) in [7, 11) is 0. The van der Waals surface area contributed by atoms with Crippen LogP contribution in [-0.2, 0) is 20.8 Å². The van der Waals surface area contributed by atoms with Crippen molar-refractivity contribution in [3.8, 4) is 5.75 Å². The van der Waals surface area contributed by atoms with E-state index in [0.717, 1.165) is 4.90 Å². The van der Waals surface area contributed by atoms with Gasteiger partial charge >= 0.3 is 6.36 Å². The molecule has 12 heteroatoms. The monoisotopic (exact) mass is 480 g/mol. The summed E-state index contributed by atoms with van der Waals surface area (Å²) < 4.78 is 79.8. The molecule has 184 valence electrons. The van der Waals surface area contributed by atoms with Gasteiger partial charge in [0.15, 0.2) is 0 Å². The van der Waals surface area contributed by atoms with Crippen LogP contribution in [0.1, 0.15) is 24.8 Å². The number of aliphatic hydroxyl groups is 1. The number of carbonyl (C=O) groups excluding carboxylic acids is 1. The van der Waals surface area contributed by atoms with Crippen molar-refractivity contribution >= 4 is 5.91 Å². The molecule has 7 nitrogen and oxygen atoms in total. The molecule has 3 heterocycles. The van der Waals surface area contributed by atoms with Gasteiger partial charge in [0, 0.05) is 38.0 Å². The molecule has 33 heavy (non-hydrogen) atoms. The molecule has 0 saturated carbocycles. The van der Waals surface area contributed by atoms with Crippen molar-refractivity contribution in [1.82, 2.24) is 10.2 Å². The Bertz CT molecular complexity index is 855. The van der Waals surface area contributed by atoms with Gasteiger partial charge in [-0.25, -0.2) is 8.78 Å². The number of amides is 1. The topological polar surface area (TPSA) is 80.3 Å². The number of para-hydroxylation sites is 1. The number of rotatable bonds is 7. The van der Waals surface area contributed by atoms with Gasteiger partial charge in [-0.1, -0.05) is 18.2 Å². The van der Waals surface area contributed by atoms with E-state index < -0.39 is 55.3 Å². The minimum Gasteiger partial charge on any atom is -0.405 e. The Hall–Kier alpha value is -2.02. The molecular weight excluding hydrogens is 455 g/mol. The lowest BCUT2D eigenvalue weighted by atomic mass is 10.1. The number of carbonyl (C=O) groups is 1. The van der Waals surface area contributed by atoms with Crippen LogP contribution in [0.25, 0.3) is 0 Å². The van der Waals surface area contributed by atoms with Crippen LogP contribution in [0.5, 0.6) is 5.75 Å². The first-order chi connectivity index (χ1) is 15.5. The lowest BCUT2D eigenvalue weighted by Crippen LogP contribution is -2.39. The third-order valence-electron chi connectivity index (χ3n) is 6.06. The minimum atomic E-state index is -4.80. The molecule has 3 aliphatic heterocycles. The molecule has 1 aromatic rings. The number of likely N-dealkylation sites (tertiary alicyclic amines) is 1. The summed E-state index contributed by atoms with van der Waals surface area (Å²) in [5, 5.41) is 13.5. The number of benzene rings is 1. The maximum Gasteiger partial charge on any atom is 0.573 e. The Kier molecular flexibility index (Phi) is 6.81. The molecule has 0 radical (unpaired) electrons. The van der Waals surface area contributed by atoms with Gasteiger partial charge in [0.05, 0.1) is 31.3 Å². The van der Waals surface area contributed by atoms with Crippen LogP contribution in [0.4, 0.5) is 22.0 Å². The molecule has 0 aliphatic carbocycles. The molecular formula is C21H25F5N2O5. The van der Waals surface area contributed by atoms with Crippen LogP contribution in [-0.4, -0.2) is 78.4 Å². The van der Waals surface area contributed by atoms with Crippen LogP contribution in [0.2, 0.25) is 0 Å². The van der Waals surface area contributed by atoms with Gasteiger partial charge in [0.25, 0.3) is 5.92 Å². The molecule has 0 bridgehead atoms. The molecule has 1 amide bonds. The van der Waals surface area contributed by atoms with Crippen LogP contribution in [0.15, 0.2) is 24.3 Å². The van der Waals surface area contributed by atoms with Crippen molar-refractivity contribution in [2.24, 2.45) is 0 Å². The normalized spacial score (nSPS) is 31.1. The van der Waals surface area contributed by atoms with Crippen LogP contribution >= 0.6 is 0 Å². The summed E-state index contributed by atoms with van der Waals surface area (Å²) in [5.74, 6) is -3.58. The Labute approximate surface area is 186 Å². The zero-order valence-corrected chi connectivity index (χ0v) is 17.6. The predicted molar refractivity (Wildman–Crippen MR) is 104 cm³/mol. The highest BCUT2D eigenvalue weighted by atomic mass is 19.4. The smallest absolute Gasteiger partial charge is 0.405 e. The maximum atomic E-state index is 13.3. The zero-order valence-electron chi connectivity index (χ0n) is 17.6. The van der Waals surface area contributed by atoms with E-state index in [9.17, 15) is 31.9 Å². The van der Waals surface area contributed by atoms with E-state index in [1.807, 2.05) is 0 Å². The first-order valence-corrected chi connectivity index (χ1v) is 10.7. The third kappa shape index (κ3) is 5.92. The van der Waals surface area contributed by atoms with Crippen molar-refractivity contribution in [2.75, 3.05) is 19.6 Å². The van der Waals surface area contributed by atoms with Crippen LogP contribution < -0.4 is 10.1 Å². The molecule has 1 aromatic carbocycles. The van der Waals surface area contributed by atoms with E-state index in [-0.39, 0.29) is 38.2 Å². The maximum absolute atomic E-state index is 13.3. The van der Waals surface area contributed by atoms with E-state index in [0.29, 0.717) is 12.0 Å². The second-order valence-electron chi connectivity index (χ2n) is 8.57. The number of halogens is 5. The molecule has 0 spiro atoms. The predicted octanol–water partition coefficient (Wildman–Crippen LogP) is 2.22. The molecule has 0 unspecified atom stereocenters. The number of hydrogen-bond donors (Lipinski definition) is 2. The van der Waals surface area contributed by atoms with Gasteiger partial charge in [-0.15, -0.1) is 13.2 Å². The Morgan fingerprint density at radius 1 is 1.27 bits per heavy atom. The molecule has 0 aromatic heterocycles. The number of alkyl halides is 5. The van der Waals surface area contributed by atoms with Gasteiger partial charge in [-0.2, -0.15) is 0 Å². The number of aliphatic hydroxyl groups excluding tert-OH is 1. The van der Waals surface area contributed by atoms with Crippen molar-refractivity contribution in [3.63, 3.8) is 0 Å². The second-order valence-corrected chi connectivity index (χ2v) is 8.57. The minimum absolute atomic E-state index is 0.00934. The highest BCUT2D eigenvalue weighted by Gasteiger charge is 2.51. The zero-order chi connectivity index (χ0) is 23.8. The van der Waals surface area contributed by atoms with Crippen molar-refractivity contribution < 1.29 is 46.1 Å². The van der Waals surface area contributed by atoms with Gasteiger partial charge in [-0.05, 0) is 6.07 Å². The number of ether oxygens (including phenoxy) is 3. The van der Waals surface area contributed by atoms with E-state index in [2.05, 4.69) is 10.1 Å². The van der Waals surface area contributed by atoms with E-state index in [4.69, 9.17) is 9.47 Å². The third-order valence-corrected chi connectivity index (χ3v) is 6.06. The summed E-state index contributed by atoms with van der Waals surface area (Å²) in [4.78, 5) is 13.4. The molecule has 4 rings (SSSR count). The highest BCUT2D eigenvalue weighted by molar-refractivity contribution is 5.77. The van der Waals surface area contributed by atoms with E-state index >= 15 is 0 Å². The van der Waals surface area contributed by atoms with Gasteiger partial charge < -0.3 is 29.5 Å². The van der Waals surface area contributed by atoms with E-state index in [1.165, 1.54) is 18.2 Å². The molecule has 3 aliphatic rings. The lowest BCUT2D eigenvalue weighted by molar-refractivity contribution is -0.274. The fourth-order valence-electron chi connectivity index (χ4n) is 4.50. The largest absolute Gasteiger partial charge is 0.573 e. The fourth-order valence-corrected chi connectivity index (χ4v) is 4.50. The summed E-state index contributed by atoms with van der Waals surface area (Å²) in [6.07, 6.45) is -8.15. The van der Waals surface area contributed by atoms with E-state index in [1.54, 1.807) is 6.07 Å². The summed E-state index contributed by atoms with van der Waals surface area (Å²) in [6.45, 7) is -0.359. The summed E-state index contributed by atoms with van der Waals surface area (Å²) in [6, 6.07) is 5.73. The first-order valence-electron chi connectivity index (χ1n) is 10.7. The molecule has 5 atom stereocenters. The number of hydrogen-bond acceptors (Lipinski definition) is 6. The Balaban J connectivity index is 1.23. The molecule has 3 fully saturated rings. The van der Waals surface area contributed by atoms with Crippen molar-refractivity contribution in [1.29, 1.82) is 0 Å². The Morgan fingerprint density at radius 3 is 2.70 bits per heavy atom. The number of fused-ring (bicyclic) bond motifs is 1. The van der Waals surface area contributed by atoms with Gasteiger partial charge in [0.2, 0.25) is 5.91 Å². The number of nitrogens with one attached hydrogen (secondary N) is 1. The van der Waals surface area contributed by atoms with Crippen LogP contribution in [0, 0.1) is 0 Å². The van der Waals surface area contributed by atoms with Crippen molar-refractivity contribution in [3.05, 3.63) is 29.8 Å². The number of nitrogens with zero attached hydrogens (tertiary/aromatic N) is 1. The van der Waals surface area contributed by atoms with Crippen molar-refractivity contribution in [2.45, 2.75) is 68.6 Å². The molecule has 2 N–H and O–H groups in total. The molecule has 3 saturated heterocycles. The Morgan fingerprint density at radius 2 is 2.03 bits per heavy atom. The fraction of sp³-hybridized carbons (Fsp3) is 0.667. The average Bonchev–Trinajstić information content (AvgIpc) is 3.36. The standard InChI is InChI=1S/C21H25F5N2O5/c22-20(23)5-6-28(11-20)17(29)8-13-7-15-19(31-13)18(30)16(32-15)10-27-9-12-3-1-2-4-14(12)33-21(24,25)26/h1-4,13,15-16,18-19,27,30H,5-11H2/t13-,15+,16+,18+,19-/m0/s1.